The van der Waals surface area contributed by atoms with Gasteiger partial charge in [0.1, 0.15) is 5.82 Å². The maximum atomic E-state index is 10.8. The Hall–Kier alpha value is -1.58. The number of carboxylic acid groups (broad SMARTS) is 1. The van der Waals surface area contributed by atoms with E-state index in [0.29, 0.717) is 0 Å². The highest BCUT2D eigenvalue weighted by Gasteiger charge is 2.20. The molecular formula is C15H22N2O2. The van der Waals surface area contributed by atoms with Crippen LogP contribution in [-0.4, -0.2) is 29.1 Å². The number of hydrogen-bond donors (Lipinski definition) is 1. The van der Waals surface area contributed by atoms with E-state index in [2.05, 4.69) is 23.7 Å². The van der Waals surface area contributed by atoms with Crippen molar-refractivity contribution in [3.05, 3.63) is 23.9 Å². The van der Waals surface area contributed by atoms with Gasteiger partial charge < -0.3 is 10.0 Å². The maximum absolute atomic E-state index is 10.8. The van der Waals surface area contributed by atoms with Crippen molar-refractivity contribution in [1.29, 1.82) is 0 Å². The van der Waals surface area contributed by atoms with Crippen LogP contribution in [0.2, 0.25) is 0 Å². The lowest BCUT2D eigenvalue weighted by Crippen LogP contribution is -2.25. The fourth-order valence-corrected chi connectivity index (χ4v) is 2.72. The molecule has 1 aromatic rings. The molecule has 1 atom stereocenters. The number of carbonyl (C=O) groups is 1. The molecule has 19 heavy (non-hydrogen) atoms. The molecule has 0 bridgehead atoms. The first kappa shape index (κ1) is 13.8. The van der Waals surface area contributed by atoms with Gasteiger partial charge in [0, 0.05) is 19.3 Å². The van der Waals surface area contributed by atoms with Crippen molar-refractivity contribution in [3.63, 3.8) is 0 Å². The highest BCUT2D eigenvalue weighted by atomic mass is 16.4. The molecule has 4 nitrogen and oxygen atoms in total. The van der Waals surface area contributed by atoms with Crippen LogP contribution in [0.15, 0.2) is 18.3 Å². The number of rotatable bonds is 3. The van der Waals surface area contributed by atoms with Crippen molar-refractivity contribution >= 4 is 11.8 Å². The van der Waals surface area contributed by atoms with E-state index in [-0.39, 0.29) is 5.56 Å². The fourth-order valence-electron chi connectivity index (χ4n) is 2.72. The Balaban J connectivity index is 2.03. The van der Waals surface area contributed by atoms with Gasteiger partial charge in [-0.25, -0.2) is 9.78 Å². The molecule has 1 unspecified atom stereocenters. The highest BCUT2D eigenvalue weighted by Crippen LogP contribution is 2.26. The largest absolute Gasteiger partial charge is 0.478 e. The number of aromatic nitrogens is 1. The molecule has 1 aliphatic heterocycles. The number of carboxylic acids is 1. The fraction of sp³-hybridized carbons (Fsp3) is 0.600. The Morgan fingerprint density at radius 2 is 2.16 bits per heavy atom. The van der Waals surface area contributed by atoms with Crippen LogP contribution >= 0.6 is 0 Å². The third-order valence-electron chi connectivity index (χ3n) is 4.03. The van der Waals surface area contributed by atoms with Crippen LogP contribution in [0.5, 0.6) is 0 Å². The van der Waals surface area contributed by atoms with E-state index in [4.69, 9.17) is 5.11 Å². The number of nitrogens with zero attached hydrogens (tertiary/aromatic N) is 2. The zero-order valence-corrected chi connectivity index (χ0v) is 11.7. The second-order valence-electron chi connectivity index (χ2n) is 5.63. The van der Waals surface area contributed by atoms with Crippen LogP contribution in [0, 0.1) is 11.8 Å². The summed E-state index contributed by atoms with van der Waals surface area (Å²) in [7, 11) is 0. The van der Waals surface area contributed by atoms with Gasteiger partial charge in [0.15, 0.2) is 0 Å². The molecular weight excluding hydrogens is 240 g/mol. The van der Waals surface area contributed by atoms with Gasteiger partial charge in [0.05, 0.1) is 5.56 Å². The minimum Gasteiger partial charge on any atom is -0.478 e. The Bertz CT molecular complexity index is 428. The SMILES string of the molecule is CC(C)C1CCCN(c2ccc(C(=O)O)cn2)CC1. The summed E-state index contributed by atoms with van der Waals surface area (Å²) in [4.78, 5) is 17.4. The lowest BCUT2D eigenvalue weighted by Gasteiger charge is -2.22. The van der Waals surface area contributed by atoms with Gasteiger partial charge in [0.2, 0.25) is 0 Å². The van der Waals surface area contributed by atoms with Gasteiger partial charge in [-0.05, 0) is 43.2 Å². The topological polar surface area (TPSA) is 53.4 Å². The molecule has 0 saturated carbocycles. The molecule has 0 aromatic carbocycles. The molecule has 1 fully saturated rings. The summed E-state index contributed by atoms with van der Waals surface area (Å²) in [6, 6.07) is 3.45. The minimum absolute atomic E-state index is 0.249. The molecule has 0 spiro atoms. The predicted molar refractivity (Wildman–Crippen MR) is 75.6 cm³/mol. The van der Waals surface area contributed by atoms with Crippen LogP contribution in [0.4, 0.5) is 5.82 Å². The van der Waals surface area contributed by atoms with Gasteiger partial charge in [-0.15, -0.1) is 0 Å². The summed E-state index contributed by atoms with van der Waals surface area (Å²) in [6.45, 7) is 6.62. The van der Waals surface area contributed by atoms with Crippen LogP contribution in [0.25, 0.3) is 0 Å². The van der Waals surface area contributed by atoms with E-state index < -0.39 is 5.97 Å². The minimum atomic E-state index is -0.921. The standard InChI is InChI=1S/C15H22N2O2/c1-11(2)12-4-3-8-17(9-7-12)14-6-5-13(10-16-14)15(18)19/h5-6,10-12H,3-4,7-9H2,1-2H3,(H,18,19). The van der Waals surface area contributed by atoms with E-state index >= 15 is 0 Å². The summed E-state index contributed by atoms with van der Waals surface area (Å²) in [5.74, 6) is 1.51. The summed E-state index contributed by atoms with van der Waals surface area (Å²) in [5.41, 5.74) is 0.249. The molecule has 0 radical (unpaired) electrons. The molecule has 0 aliphatic carbocycles. The van der Waals surface area contributed by atoms with Crippen LogP contribution in [-0.2, 0) is 0 Å². The zero-order valence-electron chi connectivity index (χ0n) is 11.7. The molecule has 4 heteroatoms. The van der Waals surface area contributed by atoms with Crippen LogP contribution in [0.1, 0.15) is 43.5 Å². The second kappa shape index (κ2) is 6.04. The van der Waals surface area contributed by atoms with E-state index in [1.54, 1.807) is 6.07 Å². The normalized spacial score (nSPS) is 20.4. The van der Waals surface area contributed by atoms with Gasteiger partial charge in [0.25, 0.3) is 0 Å². The van der Waals surface area contributed by atoms with Gasteiger partial charge in [-0.3, -0.25) is 0 Å². The predicted octanol–water partition coefficient (Wildman–Crippen LogP) is 3.04. The number of hydrogen-bond acceptors (Lipinski definition) is 3. The third kappa shape index (κ3) is 3.46. The Kier molecular flexibility index (Phi) is 4.40. The number of pyridine rings is 1. The smallest absolute Gasteiger partial charge is 0.337 e. The van der Waals surface area contributed by atoms with Crippen molar-refractivity contribution in [2.75, 3.05) is 18.0 Å². The summed E-state index contributed by atoms with van der Waals surface area (Å²) < 4.78 is 0. The zero-order chi connectivity index (χ0) is 13.8. The van der Waals surface area contributed by atoms with Gasteiger partial charge >= 0.3 is 5.97 Å². The lowest BCUT2D eigenvalue weighted by molar-refractivity contribution is 0.0696. The van der Waals surface area contributed by atoms with Crippen LogP contribution in [0.3, 0.4) is 0 Å². The number of aromatic carboxylic acids is 1. The monoisotopic (exact) mass is 262 g/mol. The Morgan fingerprint density at radius 1 is 1.37 bits per heavy atom. The average Bonchev–Trinajstić information content (AvgIpc) is 2.64. The lowest BCUT2D eigenvalue weighted by atomic mass is 9.89. The molecule has 104 valence electrons. The van der Waals surface area contributed by atoms with Crippen molar-refractivity contribution in [3.8, 4) is 0 Å². The first-order valence-electron chi connectivity index (χ1n) is 7.02. The third-order valence-corrected chi connectivity index (χ3v) is 4.03. The van der Waals surface area contributed by atoms with Crippen molar-refractivity contribution < 1.29 is 9.90 Å². The van der Waals surface area contributed by atoms with Gasteiger partial charge in [-0.2, -0.15) is 0 Å². The number of anilines is 1. The summed E-state index contributed by atoms with van der Waals surface area (Å²) >= 11 is 0. The van der Waals surface area contributed by atoms with E-state index in [0.717, 1.165) is 30.7 Å². The van der Waals surface area contributed by atoms with Crippen molar-refractivity contribution in [2.45, 2.75) is 33.1 Å². The summed E-state index contributed by atoms with van der Waals surface area (Å²) in [6.07, 6.45) is 5.11. The molecule has 1 aromatic heterocycles. The highest BCUT2D eigenvalue weighted by molar-refractivity contribution is 5.87. The first-order chi connectivity index (χ1) is 9.08. The van der Waals surface area contributed by atoms with Crippen LogP contribution < -0.4 is 4.90 Å². The quantitative estimate of drug-likeness (QED) is 0.909. The molecule has 1 aliphatic rings. The Labute approximate surface area is 114 Å². The summed E-state index contributed by atoms with van der Waals surface area (Å²) in [5, 5.41) is 8.87. The first-order valence-corrected chi connectivity index (χ1v) is 7.02. The van der Waals surface area contributed by atoms with Crippen molar-refractivity contribution in [1.82, 2.24) is 4.98 Å². The Morgan fingerprint density at radius 3 is 2.74 bits per heavy atom. The molecule has 0 amide bonds. The van der Waals surface area contributed by atoms with E-state index in [1.165, 1.54) is 25.5 Å². The molecule has 2 rings (SSSR count). The second-order valence-corrected chi connectivity index (χ2v) is 5.63. The van der Waals surface area contributed by atoms with E-state index in [1.807, 2.05) is 6.07 Å². The van der Waals surface area contributed by atoms with E-state index in [9.17, 15) is 4.79 Å². The molecule has 1 saturated heterocycles. The molecule has 2 heterocycles. The van der Waals surface area contributed by atoms with Crippen molar-refractivity contribution in [2.24, 2.45) is 11.8 Å². The van der Waals surface area contributed by atoms with Gasteiger partial charge in [-0.1, -0.05) is 13.8 Å². The molecule has 1 N–H and O–H groups in total. The maximum Gasteiger partial charge on any atom is 0.337 e. The average molecular weight is 262 g/mol.